The zero-order valence-electron chi connectivity index (χ0n) is 14.2. The van der Waals surface area contributed by atoms with Crippen LogP contribution in [0.2, 0.25) is 0 Å². The van der Waals surface area contributed by atoms with Crippen LogP contribution < -0.4 is 0 Å². The third-order valence-electron chi connectivity index (χ3n) is 5.59. The van der Waals surface area contributed by atoms with E-state index in [-0.39, 0.29) is 0 Å². The average molecular weight is 292 g/mol. The van der Waals surface area contributed by atoms with Gasteiger partial charge in [-0.15, -0.1) is 0 Å². The minimum atomic E-state index is 0.694. The fourth-order valence-corrected chi connectivity index (χ4v) is 3.78. The van der Waals surface area contributed by atoms with Crippen molar-refractivity contribution in [2.75, 3.05) is 0 Å². The summed E-state index contributed by atoms with van der Waals surface area (Å²) in [6.45, 7) is 6.96. The van der Waals surface area contributed by atoms with Gasteiger partial charge < -0.3 is 0 Å². The molecule has 0 saturated heterocycles. The zero-order chi connectivity index (χ0) is 15.5. The molecule has 1 saturated carbocycles. The molecule has 1 fully saturated rings. The van der Waals surface area contributed by atoms with Crippen LogP contribution in [0.25, 0.3) is 11.1 Å². The molecule has 2 aromatic carbocycles. The lowest BCUT2D eigenvalue weighted by molar-refractivity contribution is 0.261. The highest BCUT2D eigenvalue weighted by atomic mass is 14.3. The number of aryl methyl sites for hydroxylation is 1. The molecule has 0 aromatic heterocycles. The molecule has 1 atom stereocenters. The maximum atomic E-state index is 2.42. The van der Waals surface area contributed by atoms with Crippen LogP contribution in [0.5, 0.6) is 0 Å². The maximum absolute atomic E-state index is 2.42. The Balaban J connectivity index is 1.72. The van der Waals surface area contributed by atoms with Crippen molar-refractivity contribution in [1.82, 2.24) is 0 Å². The van der Waals surface area contributed by atoms with Gasteiger partial charge in [-0.05, 0) is 54.2 Å². The van der Waals surface area contributed by atoms with Gasteiger partial charge in [0.1, 0.15) is 0 Å². The Labute approximate surface area is 135 Å². The van der Waals surface area contributed by atoms with Crippen LogP contribution in [0.15, 0.2) is 48.5 Å². The van der Waals surface area contributed by atoms with E-state index in [0.29, 0.717) is 5.92 Å². The Morgan fingerprint density at radius 1 is 0.773 bits per heavy atom. The molecule has 0 heteroatoms. The number of hydrogen-bond acceptors (Lipinski definition) is 0. The van der Waals surface area contributed by atoms with E-state index in [0.717, 1.165) is 11.8 Å². The predicted molar refractivity (Wildman–Crippen MR) is 96.2 cm³/mol. The molecule has 0 heterocycles. The second-order valence-electron chi connectivity index (χ2n) is 7.30. The maximum Gasteiger partial charge on any atom is -0.0162 e. The standard InChI is InChI=1S/C22H28/c1-16-4-8-19(9-5-16)18(3)20-12-14-22(15-13-20)21-10-6-17(2)7-11-21/h6-7,10-16,18-19H,4-5,8-9H2,1-3H3. The lowest BCUT2D eigenvalue weighted by Crippen LogP contribution is -2.17. The van der Waals surface area contributed by atoms with E-state index >= 15 is 0 Å². The second-order valence-corrected chi connectivity index (χ2v) is 7.30. The van der Waals surface area contributed by atoms with Crippen LogP contribution in [0, 0.1) is 18.8 Å². The first kappa shape index (κ1) is 15.3. The van der Waals surface area contributed by atoms with Gasteiger partial charge in [0.25, 0.3) is 0 Å². The van der Waals surface area contributed by atoms with E-state index in [2.05, 4.69) is 69.3 Å². The minimum Gasteiger partial charge on any atom is -0.0625 e. The SMILES string of the molecule is Cc1ccc(-c2ccc(C(C)C3CCC(C)CC3)cc2)cc1. The Kier molecular flexibility index (Phi) is 4.66. The highest BCUT2D eigenvalue weighted by Crippen LogP contribution is 2.38. The van der Waals surface area contributed by atoms with Crippen molar-refractivity contribution in [1.29, 1.82) is 0 Å². The van der Waals surface area contributed by atoms with E-state index in [4.69, 9.17) is 0 Å². The Bertz CT molecular complexity index is 583. The van der Waals surface area contributed by atoms with Crippen LogP contribution >= 0.6 is 0 Å². The number of rotatable bonds is 3. The molecule has 0 bridgehead atoms. The molecule has 0 spiro atoms. The molecule has 0 radical (unpaired) electrons. The highest BCUT2D eigenvalue weighted by molar-refractivity contribution is 5.64. The van der Waals surface area contributed by atoms with Gasteiger partial charge in [0, 0.05) is 0 Å². The molecular formula is C22H28. The van der Waals surface area contributed by atoms with E-state index in [1.165, 1.54) is 47.9 Å². The molecular weight excluding hydrogens is 264 g/mol. The summed E-state index contributed by atoms with van der Waals surface area (Å²) in [5, 5.41) is 0. The third kappa shape index (κ3) is 3.43. The van der Waals surface area contributed by atoms with Gasteiger partial charge in [-0.3, -0.25) is 0 Å². The van der Waals surface area contributed by atoms with Gasteiger partial charge in [0.05, 0.1) is 0 Å². The van der Waals surface area contributed by atoms with E-state index < -0.39 is 0 Å². The molecule has 0 aliphatic heterocycles. The summed E-state index contributed by atoms with van der Waals surface area (Å²) in [5.74, 6) is 2.51. The van der Waals surface area contributed by atoms with Gasteiger partial charge >= 0.3 is 0 Å². The Hall–Kier alpha value is -1.56. The Morgan fingerprint density at radius 2 is 1.27 bits per heavy atom. The number of hydrogen-bond donors (Lipinski definition) is 0. The smallest absolute Gasteiger partial charge is 0.0162 e. The topological polar surface area (TPSA) is 0 Å². The van der Waals surface area contributed by atoms with Gasteiger partial charge in [-0.25, -0.2) is 0 Å². The molecule has 0 nitrogen and oxygen atoms in total. The summed E-state index contributed by atoms with van der Waals surface area (Å²) in [4.78, 5) is 0. The molecule has 0 amide bonds. The molecule has 22 heavy (non-hydrogen) atoms. The fourth-order valence-electron chi connectivity index (χ4n) is 3.78. The second kappa shape index (κ2) is 6.69. The summed E-state index contributed by atoms with van der Waals surface area (Å²) in [6.07, 6.45) is 5.64. The van der Waals surface area contributed by atoms with Crippen molar-refractivity contribution in [2.45, 2.75) is 52.4 Å². The summed E-state index contributed by atoms with van der Waals surface area (Å²) >= 11 is 0. The van der Waals surface area contributed by atoms with Crippen molar-refractivity contribution in [3.05, 3.63) is 59.7 Å². The summed E-state index contributed by atoms with van der Waals surface area (Å²) in [6, 6.07) is 18.1. The lowest BCUT2D eigenvalue weighted by atomic mass is 9.74. The van der Waals surface area contributed by atoms with Crippen molar-refractivity contribution in [2.24, 2.45) is 11.8 Å². The van der Waals surface area contributed by atoms with Crippen molar-refractivity contribution >= 4 is 0 Å². The lowest BCUT2D eigenvalue weighted by Gasteiger charge is -2.31. The summed E-state index contributed by atoms with van der Waals surface area (Å²) < 4.78 is 0. The molecule has 0 N–H and O–H groups in total. The van der Waals surface area contributed by atoms with E-state index in [9.17, 15) is 0 Å². The zero-order valence-corrected chi connectivity index (χ0v) is 14.2. The third-order valence-corrected chi connectivity index (χ3v) is 5.59. The summed E-state index contributed by atoms with van der Waals surface area (Å²) in [7, 11) is 0. The molecule has 2 aromatic rings. The van der Waals surface area contributed by atoms with Crippen LogP contribution in [-0.2, 0) is 0 Å². The number of benzene rings is 2. The van der Waals surface area contributed by atoms with Crippen molar-refractivity contribution < 1.29 is 0 Å². The van der Waals surface area contributed by atoms with Gasteiger partial charge in [-0.2, -0.15) is 0 Å². The van der Waals surface area contributed by atoms with Gasteiger partial charge in [0.15, 0.2) is 0 Å². The van der Waals surface area contributed by atoms with Gasteiger partial charge in [-0.1, -0.05) is 80.8 Å². The van der Waals surface area contributed by atoms with Crippen molar-refractivity contribution in [3.63, 3.8) is 0 Å². The van der Waals surface area contributed by atoms with Gasteiger partial charge in [0.2, 0.25) is 0 Å². The normalized spacial score (nSPS) is 23.2. The van der Waals surface area contributed by atoms with Crippen LogP contribution in [0.4, 0.5) is 0 Å². The molecule has 116 valence electrons. The molecule has 1 aliphatic carbocycles. The quantitative estimate of drug-likeness (QED) is 0.598. The predicted octanol–water partition coefficient (Wildman–Crippen LogP) is 6.59. The highest BCUT2D eigenvalue weighted by Gasteiger charge is 2.24. The average Bonchev–Trinajstić information content (AvgIpc) is 2.56. The molecule has 1 aliphatic rings. The molecule has 1 unspecified atom stereocenters. The van der Waals surface area contributed by atoms with Crippen LogP contribution in [0.1, 0.15) is 56.6 Å². The van der Waals surface area contributed by atoms with Crippen LogP contribution in [-0.4, -0.2) is 0 Å². The van der Waals surface area contributed by atoms with Crippen LogP contribution in [0.3, 0.4) is 0 Å². The van der Waals surface area contributed by atoms with E-state index in [1.54, 1.807) is 0 Å². The first-order valence-electron chi connectivity index (χ1n) is 8.80. The van der Waals surface area contributed by atoms with Crippen molar-refractivity contribution in [3.8, 4) is 11.1 Å². The summed E-state index contributed by atoms with van der Waals surface area (Å²) in [5.41, 5.74) is 5.47. The monoisotopic (exact) mass is 292 g/mol. The minimum absolute atomic E-state index is 0.694. The Morgan fingerprint density at radius 3 is 1.82 bits per heavy atom. The first-order chi connectivity index (χ1) is 10.6. The first-order valence-corrected chi connectivity index (χ1v) is 8.80. The van der Waals surface area contributed by atoms with E-state index in [1.807, 2.05) is 0 Å². The molecule has 3 rings (SSSR count). The fraction of sp³-hybridized carbons (Fsp3) is 0.455. The largest absolute Gasteiger partial charge is 0.0625 e.